The molecule has 1 heterocycles. The zero-order valence-corrected chi connectivity index (χ0v) is 22.1. The van der Waals surface area contributed by atoms with Crippen molar-refractivity contribution in [3.05, 3.63) is 90.0 Å². The second-order valence-electron chi connectivity index (χ2n) is 8.40. The summed E-state index contributed by atoms with van der Waals surface area (Å²) in [6.07, 6.45) is -0.305. The van der Waals surface area contributed by atoms with E-state index in [1.807, 2.05) is 0 Å². The van der Waals surface area contributed by atoms with E-state index in [2.05, 4.69) is 10.7 Å². The van der Waals surface area contributed by atoms with Gasteiger partial charge in [0.05, 0.1) is 31.4 Å². The number of nitrogens with one attached hydrogen (secondary N) is 2. The number of rotatable bonds is 9. The van der Waals surface area contributed by atoms with Gasteiger partial charge in [-0.2, -0.15) is 0 Å². The fraction of sp³-hybridized carbons (Fsp3) is 0.179. The number of benzene rings is 3. The number of thiocarbonyl (C=S) groups is 1. The fourth-order valence-electron chi connectivity index (χ4n) is 3.94. The highest BCUT2D eigenvalue weighted by Gasteiger charge is 2.45. The molecule has 1 atom stereocenters. The molecular formula is C28H26N4O6S. The first-order valence-corrected chi connectivity index (χ1v) is 12.5. The molecule has 0 bridgehead atoms. The van der Waals surface area contributed by atoms with E-state index in [1.54, 1.807) is 73.7 Å². The number of esters is 1. The maximum Gasteiger partial charge on any atom is 0.338 e. The first-order valence-electron chi connectivity index (χ1n) is 12.1. The van der Waals surface area contributed by atoms with Gasteiger partial charge in [0.1, 0.15) is 11.8 Å². The summed E-state index contributed by atoms with van der Waals surface area (Å²) in [6, 6.07) is 20.3. The quantitative estimate of drug-likeness (QED) is 0.309. The lowest BCUT2D eigenvalue weighted by molar-refractivity contribution is -0.124. The van der Waals surface area contributed by atoms with Gasteiger partial charge in [0, 0.05) is 11.3 Å². The summed E-state index contributed by atoms with van der Waals surface area (Å²) < 4.78 is 10.2. The average molecular weight is 547 g/mol. The third kappa shape index (κ3) is 6.21. The van der Waals surface area contributed by atoms with Crippen LogP contribution in [0.5, 0.6) is 5.75 Å². The monoisotopic (exact) mass is 546 g/mol. The van der Waals surface area contributed by atoms with Crippen molar-refractivity contribution in [2.24, 2.45) is 0 Å². The molecule has 0 aliphatic carbocycles. The highest BCUT2D eigenvalue weighted by Crippen LogP contribution is 2.26. The maximum atomic E-state index is 13.5. The Balaban J connectivity index is 1.54. The molecule has 3 aromatic carbocycles. The van der Waals surface area contributed by atoms with Crippen molar-refractivity contribution in [2.45, 2.75) is 19.4 Å². The van der Waals surface area contributed by atoms with Crippen LogP contribution < -0.4 is 20.4 Å². The molecule has 1 saturated heterocycles. The van der Waals surface area contributed by atoms with Gasteiger partial charge in [0.15, 0.2) is 0 Å². The molecule has 1 fully saturated rings. The first-order chi connectivity index (χ1) is 18.8. The summed E-state index contributed by atoms with van der Waals surface area (Å²) in [5, 5.41) is 3.98. The Morgan fingerprint density at radius 1 is 0.949 bits per heavy atom. The molecular weight excluding hydrogens is 520 g/mol. The number of ether oxygens (including phenoxy) is 2. The van der Waals surface area contributed by atoms with Gasteiger partial charge >= 0.3 is 5.97 Å². The molecule has 0 aromatic heterocycles. The van der Waals surface area contributed by atoms with E-state index in [0.29, 0.717) is 22.7 Å². The van der Waals surface area contributed by atoms with Crippen molar-refractivity contribution in [3.63, 3.8) is 0 Å². The molecule has 10 nitrogen and oxygen atoms in total. The molecule has 39 heavy (non-hydrogen) atoms. The SMILES string of the molecule is CCOC(=O)c1ccc(NC(=O)CC2C(=O)N(c3ccccc3)C(=S)N2NC(=O)c2cccc(OC)c2)cc1. The number of amides is 3. The van der Waals surface area contributed by atoms with Gasteiger partial charge in [-0.1, -0.05) is 24.3 Å². The van der Waals surface area contributed by atoms with Crippen molar-refractivity contribution in [2.75, 3.05) is 23.9 Å². The number of hydrazine groups is 1. The second-order valence-corrected chi connectivity index (χ2v) is 8.77. The minimum absolute atomic E-state index is 0.0269. The summed E-state index contributed by atoms with van der Waals surface area (Å²) in [6.45, 7) is 1.96. The van der Waals surface area contributed by atoms with Crippen LogP contribution in [0.1, 0.15) is 34.1 Å². The first kappa shape index (κ1) is 27.3. The fourth-order valence-corrected chi connectivity index (χ4v) is 4.31. The lowest BCUT2D eigenvalue weighted by Crippen LogP contribution is -2.49. The molecule has 1 unspecified atom stereocenters. The minimum atomic E-state index is -1.11. The number of carbonyl (C=O) groups is 4. The van der Waals surface area contributed by atoms with E-state index in [1.165, 1.54) is 29.2 Å². The van der Waals surface area contributed by atoms with Crippen molar-refractivity contribution < 1.29 is 28.7 Å². The normalized spacial score (nSPS) is 14.7. The van der Waals surface area contributed by atoms with Crippen molar-refractivity contribution >= 4 is 52.4 Å². The van der Waals surface area contributed by atoms with Gasteiger partial charge in [-0.05, 0) is 73.7 Å². The third-order valence-electron chi connectivity index (χ3n) is 5.84. The minimum Gasteiger partial charge on any atom is -0.497 e. The van der Waals surface area contributed by atoms with Crippen LogP contribution >= 0.6 is 12.2 Å². The number of hydrogen-bond acceptors (Lipinski definition) is 7. The highest BCUT2D eigenvalue weighted by atomic mass is 32.1. The standard InChI is InChI=1S/C28H26N4O6S/c1-3-38-27(36)18-12-14-20(15-13-18)29-24(33)17-23-26(35)31(21-9-5-4-6-10-21)28(39)32(23)30-25(34)19-8-7-11-22(16-19)37-2/h4-16,23H,3,17H2,1-2H3,(H,29,33)(H,30,34). The van der Waals surface area contributed by atoms with E-state index in [-0.39, 0.29) is 23.7 Å². The van der Waals surface area contributed by atoms with Gasteiger partial charge in [-0.3, -0.25) is 24.7 Å². The van der Waals surface area contributed by atoms with Crippen molar-refractivity contribution in [1.82, 2.24) is 10.4 Å². The van der Waals surface area contributed by atoms with Gasteiger partial charge in [0.25, 0.3) is 11.8 Å². The van der Waals surface area contributed by atoms with Crippen LogP contribution in [0.15, 0.2) is 78.9 Å². The van der Waals surface area contributed by atoms with Crippen LogP contribution in [-0.4, -0.2) is 53.6 Å². The Morgan fingerprint density at radius 2 is 1.67 bits per heavy atom. The van der Waals surface area contributed by atoms with Crippen LogP contribution in [0.25, 0.3) is 0 Å². The van der Waals surface area contributed by atoms with Crippen molar-refractivity contribution in [3.8, 4) is 5.75 Å². The predicted octanol–water partition coefficient (Wildman–Crippen LogP) is 3.55. The van der Waals surface area contributed by atoms with Crippen LogP contribution in [0.4, 0.5) is 11.4 Å². The second kappa shape index (κ2) is 12.2. The Kier molecular flexibility index (Phi) is 8.52. The van der Waals surface area contributed by atoms with Crippen LogP contribution in [0.2, 0.25) is 0 Å². The van der Waals surface area contributed by atoms with Gasteiger partial charge < -0.3 is 14.8 Å². The number of anilines is 2. The number of carbonyl (C=O) groups excluding carboxylic acids is 4. The molecule has 1 aliphatic heterocycles. The molecule has 0 saturated carbocycles. The number of methoxy groups -OCH3 is 1. The van der Waals surface area contributed by atoms with E-state index >= 15 is 0 Å². The number of nitrogens with zero attached hydrogens (tertiary/aromatic N) is 2. The van der Waals surface area contributed by atoms with Crippen LogP contribution in [-0.2, 0) is 14.3 Å². The molecule has 0 spiro atoms. The molecule has 4 rings (SSSR count). The number of para-hydroxylation sites is 1. The van der Waals surface area contributed by atoms with Crippen LogP contribution in [0, 0.1) is 0 Å². The zero-order chi connectivity index (χ0) is 27.9. The van der Waals surface area contributed by atoms with Gasteiger partial charge in [-0.25, -0.2) is 9.80 Å². The van der Waals surface area contributed by atoms with E-state index < -0.39 is 29.7 Å². The van der Waals surface area contributed by atoms with Gasteiger partial charge in [-0.15, -0.1) is 0 Å². The molecule has 3 amide bonds. The molecule has 3 aromatic rings. The highest BCUT2D eigenvalue weighted by molar-refractivity contribution is 7.80. The summed E-state index contributed by atoms with van der Waals surface area (Å²) in [5.41, 5.74) is 4.24. The Bertz CT molecular complexity index is 1400. The Hall–Kier alpha value is -4.77. The molecule has 1 aliphatic rings. The summed E-state index contributed by atoms with van der Waals surface area (Å²) in [4.78, 5) is 52.7. The molecule has 2 N–H and O–H groups in total. The molecule has 200 valence electrons. The Labute approximate surface area is 230 Å². The molecule has 0 radical (unpaired) electrons. The maximum absolute atomic E-state index is 13.5. The van der Waals surface area contributed by atoms with E-state index in [4.69, 9.17) is 21.7 Å². The van der Waals surface area contributed by atoms with E-state index in [0.717, 1.165) is 0 Å². The topological polar surface area (TPSA) is 117 Å². The van der Waals surface area contributed by atoms with E-state index in [9.17, 15) is 19.2 Å². The summed E-state index contributed by atoms with van der Waals surface area (Å²) >= 11 is 5.57. The Morgan fingerprint density at radius 3 is 2.33 bits per heavy atom. The smallest absolute Gasteiger partial charge is 0.338 e. The van der Waals surface area contributed by atoms with Crippen molar-refractivity contribution in [1.29, 1.82) is 0 Å². The molecule has 11 heteroatoms. The largest absolute Gasteiger partial charge is 0.497 e. The summed E-state index contributed by atoms with van der Waals surface area (Å²) in [7, 11) is 1.49. The van der Waals surface area contributed by atoms with Gasteiger partial charge in [0.2, 0.25) is 11.0 Å². The lowest BCUT2D eigenvalue weighted by Gasteiger charge is -2.24. The predicted molar refractivity (Wildman–Crippen MR) is 148 cm³/mol. The van der Waals surface area contributed by atoms with Crippen LogP contribution in [0.3, 0.4) is 0 Å². The summed E-state index contributed by atoms with van der Waals surface area (Å²) in [5.74, 6) is -1.47. The lowest BCUT2D eigenvalue weighted by atomic mass is 10.1. The zero-order valence-electron chi connectivity index (χ0n) is 21.2. The number of hydrogen-bond donors (Lipinski definition) is 2. The average Bonchev–Trinajstić information content (AvgIpc) is 3.17. The third-order valence-corrected chi connectivity index (χ3v) is 6.22.